The van der Waals surface area contributed by atoms with Gasteiger partial charge in [0, 0.05) is 18.5 Å². The summed E-state index contributed by atoms with van der Waals surface area (Å²) in [4.78, 5) is 25.5. The van der Waals surface area contributed by atoms with Crippen LogP contribution in [0.25, 0.3) is 10.8 Å². The van der Waals surface area contributed by atoms with Crippen LogP contribution < -0.4 is 5.32 Å². The summed E-state index contributed by atoms with van der Waals surface area (Å²) in [5.41, 5.74) is 0.423. The van der Waals surface area contributed by atoms with Gasteiger partial charge in [-0.25, -0.2) is 0 Å². The number of hydrogen-bond acceptors (Lipinski definition) is 4. The van der Waals surface area contributed by atoms with Crippen LogP contribution in [0.4, 0.5) is 0 Å². The predicted octanol–water partition coefficient (Wildman–Crippen LogP) is 1.75. The highest BCUT2D eigenvalue weighted by atomic mass is 16.3. The van der Waals surface area contributed by atoms with Gasteiger partial charge in [0.05, 0.1) is 0 Å². The molecule has 5 nitrogen and oxygen atoms in total. The van der Waals surface area contributed by atoms with E-state index in [-0.39, 0.29) is 18.1 Å². The molecule has 0 heterocycles. The maximum atomic E-state index is 12.0. The Hall–Kier alpha value is -2.40. The Balaban J connectivity index is 2.09. The third-order valence-electron chi connectivity index (χ3n) is 3.13. The molecule has 110 valence electrons. The first kappa shape index (κ1) is 15.0. The van der Waals surface area contributed by atoms with E-state index in [4.69, 9.17) is 0 Å². The number of amides is 2. The van der Waals surface area contributed by atoms with Gasteiger partial charge in [0.25, 0.3) is 5.91 Å². The van der Waals surface area contributed by atoms with E-state index in [1.54, 1.807) is 36.4 Å². The summed E-state index contributed by atoms with van der Waals surface area (Å²) in [6, 6.07) is 9.99. The summed E-state index contributed by atoms with van der Waals surface area (Å²) in [7, 11) is 3.74. The number of nitrogens with one attached hydrogen (secondary N) is 1. The minimum atomic E-state index is -0.409. The lowest BCUT2D eigenvalue weighted by Crippen LogP contribution is -2.32. The molecule has 0 unspecified atom stereocenters. The molecule has 0 aliphatic heterocycles. The summed E-state index contributed by atoms with van der Waals surface area (Å²) in [5.74, 6) is -0.521. The molecule has 2 amide bonds. The molecule has 0 aliphatic carbocycles. The van der Waals surface area contributed by atoms with Gasteiger partial charge >= 0.3 is 0 Å². The third-order valence-corrected chi connectivity index (χ3v) is 3.13. The number of imide groups is 1. The lowest BCUT2D eigenvalue weighted by Gasteiger charge is -2.09. The van der Waals surface area contributed by atoms with Crippen LogP contribution in [-0.2, 0) is 4.79 Å². The smallest absolute Gasteiger partial charge is 0.257 e. The molecule has 2 rings (SSSR count). The third kappa shape index (κ3) is 4.03. The zero-order chi connectivity index (χ0) is 15.4. The molecule has 0 aromatic heterocycles. The Morgan fingerprint density at radius 1 is 1.10 bits per heavy atom. The number of carbonyl (C=O) groups excluding carboxylic acids is 2. The van der Waals surface area contributed by atoms with Gasteiger partial charge in [0.2, 0.25) is 5.91 Å². The second-order valence-corrected chi connectivity index (χ2v) is 5.18. The molecule has 2 aromatic carbocycles. The second kappa shape index (κ2) is 6.37. The Morgan fingerprint density at radius 3 is 2.48 bits per heavy atom. The number of fused-ring (bicyclic) bond motifs is 1. The van der Waals surface area contributed by atoms with Gasteiger partial charge in [0.15, 0.2) is 0 Å². The van der Waals surface area contributed by atoms with Gasteiger partial charge in [0.1, 0.15) is 5.75 Å². The van der Waals surface area contributed by atoms with Crippen molar-refractivity contribution in [3.05, 3.63) is 42.0 Å². The molecular formula is C16H18N2O3. The van der Waals surface area contributed by atoms with Crippen LogP contribution in [-0.4, -0.2) is 42.5 Å². The zero-order valence-electron chi connectivity index (χ0n) is 12.1. The number of phenols is 1. The SMILES string of the molecule is CN(C)CCC(=O)NC(=O)c1ccc2cc(O)ccc2c1. The average Bonchev–Trinajstić information content (AvgIpc) is 2.44. The van der Waals surface area contributed by atoms with Crippen LogP contribution >= 0.6 is 0 Å². The normalized spacial score (nSPS) is 10.8. The van der Waals surface area contributed by atoms with Gasteiger partial charge in [-0.05, 0) is 49.1 Å². The summed E-state index contributed by atoms with van der Waals surface area (Å²) >= 11 is 0. The topological polar surface area (TPSA) is 69.6 Å². The van der Waals surface area contributed by atoms with E-state index in [2.05, 4.69) is 5.32 Å². The number of aromatic hydroxyl groups is 1. The van der Waals surface area contributed by atoms with E-state index in [1.807, 2.05) is 19.0 Å². The first-order valence-corrected chi connectivity index (χ1v) is 6.67. The van der Waals surface area contributed by atoms with Crippen LogP contribution in [0.2, 0.25) is 0 Å². The van der Waals surface area contributed by atoms with Crippen molar-refractivity contribution in [1.29, 1.82) is 0 Å². The largest absolute Gasteiger partial charge is 0.508 e. The molecule has 0 spiro atoms. The summed E-state index contributed by atoms with van der Waals surface area (Å²) < 4.78 is 0. The van der Waals surface area contributed by atoms with Crippen LogP contribution in [0, 0.1) is 0 Å². The molecule has 0 radical (unpaired) electrons. The summed E-state index contributed by atoms with van der Waals surface area (Å²) in [5, 5.41) is 13.5. The van der Waals surface area contributed by atoms with E-state index in [9.17, 15) is 14.7 Å². The first-order chi connectivity index (χ1) is 9.95. The van der Waals surface area contributed by atoms with Crippen molar-refractivity contribution in [2.45, 2.75) is 6.42 Å². The fourth-order valence-corrected chi connectivity index (χ4v) is 1.96. The number of phenolic OH excluding ortho intramolecular Hbond substituents is 1. The van der Waals surface area contributed by atoms with E-state index in [1.165, 1.54) is 0 Å². The fraction of sp³-hybridized carbons (Fsp3) is 0.250. The Morgan fingerprint density at radius 2 is 1.76 bits per heavy atom. The minimum absolute atomic E-state index is 0.179. The van der Waals surface area contributed by atoms with Crippen molar-refractivity contribution in [2.24, 2.45) is 0 Å². The van der Waals surface area contributed by atoms with Crippen molar-refractivity contribution < 1.29 is 14.7 Å². The Bertz CT molecular complexity index is 680. The molecule has 0 saturated carbocycles. The van der Waals surface area contributed by atoms with E-state index in [0.29, 0.717) is 12.1 Å². The molecule has 0 aliphatic rings. The zero-order valence-corrected chi connectivity index (χ0v) is 12.1. The molecule has 0 fully saturated rings. The predicted molar refractivity (Wildman–Crippen MR) is 81.3 cm³/mol. The highest BCUT2D eigenvalue weighted by Crippen LogP contribution is 2.21. The van der Waals surface area contributed by atoms with E-state index in [0.717, 1.165) is 10.8 Å². The van der Waals surface area contributed by atoms with Gasteiger partial charge in [-0.3, -0.25) is 14.9 Å². The minimum Gasteiger partial charge on any atom is -0.508 e. The number of benzene rings is 2. The van der Waals surface area contributed by atoms with Gasteiger partial charge < -0.3 is 10.0 Å². The lowest BCUT2D eigenvalue weighted by atomic mass is 10.1. The number of hydrogen-bond donors (Lipinski definition) is 2. The molecule has 0 saturated heterocycles. The van der Waals surface area contributed by atoms with E-state index >= 15 is 0 Å². The van der Waals surface area contributed by atoms with Crippen LogP contribution in [0.1, 0.15) is 16.8 Å². The van der Waals surface area contributed by atoms with Gasteiger partial charge in [-0.2, -0.15) is 0 Å². The van der Waals surface area contributed by atoms with E-state index < -0.39 is 5.91 Å². The molecule has 0 atom stereocenters. The molecule has 21 heavy (non-hydrogen) atoms. The first-order valence-electron chi connectivity index (χ1n) is 6.67. The van der Waals surface area contributed by atoms with Crippen molar-refractivity contribution in [3.8, 4) is 5.75 Å². The Labute approximate surface area is 123 Å². The van der Waals surface area contributed by atoms with Gasteiger partial charge in [-0.15, -0.1) is 0 Å². The highest BCUT2D eigenvalue weighted by Gasteiger charge is 2.11. The maximum Gasteiger partial charge on any atom is 0.257 e. The Kier molecular flexibility index (Phi) is 4.55. The van der Waals surface area contributed by atoms with Crippen molar-refractivity contribution in [2.75, 3.05) is 20.6 Å². The number of nitrogens with zero attached hydrogens (tertiary/aromatic N) is 1. The summed E-state index contributed by atoms with van der Waals surface area (Å²) in [6.45, 7) is 0.593. The molecule has 0 bridgehead atoms. The second-order valence-electron chi connectivity index (χ2n) is 5.18. The molecule has 2 aromatic rings. The average molecular weight is 286 g/mol. The quantitative estimate of drug-likeness (QED) is 0.898. The van der Waals surface area contributed by atoms with Crippen molar-refractivity contribution in [3.63, 3.8) is 0 Å². The van der Waals surface area contributed by atoms with Crippen molar-refractivity contribution in [1.82, 2.24) is 10.2 Å². The molecule has 2 N–H and O–H groups in total. The standard InChI is InChI=1S/C16H18N2O3/c1-18(2)8-7-15(20)17-16(21)13-4-3-12-10-14(19)6-5-11(12)9-13/h3-6,9-10,19H,7-8H2,1-2H3,(H,17,20,21). The number of carbonyl (C=O) groups is 2. The van der Waals surface area contributed by atoms with Crippen molar-refractivity contribution >= 4 is 22.6 Å². The summed E-state index contributed by atoms with van der Waals surface area (Å²) in [6.07, 6.45) is 0.278. The number of rotatable bonds is 4. The molecular weight excluding hydrogens is 268 g/mol. The van der Waals surface area contributed by atoms with Crippen LogP contribution in [0.15, 0.2) is 36.4 Å². The van der Waals surface area contributed by atoms with Crippen LogP contribution in [0.3, 0.4) is 0 Å². The maximum absolute atomic E-state index is 12.0. The fourth-order valence-electron chi connectivity index (χ4n) is 1.96. The van der Waals surface area contributed by atoms with Crippen LogP contribution in [0.5, 0.6) is 5.75 Å². The lowest BCUT2D eigenvalue weighted by molar-refractivity contribution is -0.120. The molecule has 5 heteroatoms. The van der Waals surface area contributed by atoms with Gasteiger partial charge in [-0.1, -0.05) is 12.1 Å². The highest BCUT2D eigenvalue weighted by molar-refractivity contribution is 6.06. The monoisotopic (exact) mass is 286 g/mol.